The molecule has 4 rings (SSSR count). The van der Waals surface area contributed by atoms with Gasteiger partial charge in [-0.1, -0.05) is 24.3 Å². The second-order valence-electron chi connectivity index (χ2n) is 6.98. The van der Waals surface area contributed by atoms with Gasteiger partial charge in [0.05, 0.1) is 24.1 Å². The number of amides is 1. The topological polar surface area (TPSA) is 75.6 Å². The third-order valence-corrected chi connectivity index (χ3v) is 5.87. The molecule has 5 nitrogen and oxygen atoms in total. The molecule has 4 atom stereocenters. The first-order valence-electron chi connectivity index (χ1n) is 8.52. The molecule has 2 bridgehead atoms. The van der Waals surface area contributed by atoms with E-state index in [1.165, 1.54) is 0 Å². The van der Waals surface area contributed by atoms with E-state index in [1.807, 2.05) is 25.1 Å². The number of benzene rings is 1. The molecule has 0 radical (unpaired) electrons. The lowest BCUT2D eigenvalue weighted by molar-refractivity contribution is -0.146. The number of allylic oxidation sites excluding steroid dienone is 2. The third-order valence-electron chi connectivity index (χ3n) is 5.87. The van der Waals surface area contributed by atoms with Gasteiger partial charge in [-0.05, 0) is 49.1 Å². The van der Waals surface area contributed by atoms with Gasteiger partial charge in [-0.25, -0.2) is 0 Å². The van der Waals surface area contributed by atoms with Gasteiger partial charge in [0.25, 0.3) is 0 Å². The Labute approximate surface area is 140 Å². The third kappa shape index (κ3) is 2.07. The minimum Gasteiger partial charge on any atom is -0.492 e. The lowest BCUT2D eigenvalue weighted by atomic mass is 9.82. The second-order valence-corrected chi connectivity index (χ2v) is 6.98. The van der Waals surface area contributed by atoms with Gasteiger partial charge < -0.3 is 15.2 Å². The van der Waals surface area contributed by atoms with E-state index in [2.05, 4.69) is 11.4 Å². The first-order chi connectivity index (χ1) is 11.6. The van der Waals surface area contributed by atoms with Crippen LogP contribution < -0.4 is 10.1 Å². The van der Waals surface area contributed by atoms with E-state index in [4.69, 9.17) is 4.74 Å². The van der Waals surface area contributed by atoms with Crippen LogP contribution in [0.1, 0.15) is 19.8 Å². The monoisotopic (exact) mass is 327 g/mol. The average Bonchev–Trinajstić information content (AvgIpc) is 3.22. The Hall–Kier alpha value is -2.30. The standard InChI is InChI=1S/C19H21NO4/c1-2-24-14-6-4-3-5-13(14)20-17(21)15-11-7-8-12(16(15)18(22)23)19(11)9-10-19/h3-8,11-12,15-16H,2,9-10H2,1H3,(H,20,21)(H,22,23)/t11-,12-,15+,16-/m0/s1. The summed E-state index contributed by atoms with van der Waals surface area (Å²) in [5, 5.41) is 12.6. The fraction of sp³-hybridized carbons (Fsp3) is 0.474. The zero-order valence-electron chi connectivity index (χ0n) is 13.6. The first-order valence-corrected chi connectivity index (χ1v) is 8.52. The molecule has 1 aromatic carbocycles. The summed E-state index contributed by atoms with van der Waals surface area (Å²) < 4.78 is 5.55. The number of carboxylic acid groups (broad SMARTS) is 1. The number of carboxylic acids is 1. The van der Waals surface area contributed by atoms with Gasteiger partial charge in [-0.2, -0.15) is 0 Å². The van der Waals surface area contributed by atoms with Crippen molar-refractivity contribution in [2.24, 2.45) is 29.1 Å². The van der Waals surface area contributed by atoms with Crippen molar-refractivity contribution in [2.75, 3.05) is 11.9 Å². The van der Waals surface area contributed by atoms with Gasteiger partial charge in [-0.3, -0.25) is 9.59 Å². The summed E-state index contributed by atoms with van der Waals surface area (Å²) in [6.07, 6.45) is 6.14. The van der Waals surface area contributed by atoms with Crippen LogP contribution in [-0.2, 0) is 9.59 Å². The van der Waals surface area contributed by atoms with Crippen molar-refractivity contribution >= 4 is 17.6 Å². The predicted molar refractivity (Wildman–Crippen MR) is 88.6 cm³/mol. The molecule has 0 unspecified atom stereocenters. The van der Waals surface area contributed by atoms with Crippen LogP contribution in [-0.4, -0.2) is 23.6 Å². The fourth-order valence-corrected chi connectivity index (χ4v) is 4.76. The van der Waals surface area contributed by atoms with Gasteiger partial charge in [0.2, 0.25) is 5.91 Å². The van der Waals surface area contributed by atoms with E-state index in [1.54, 1.807) is 12.1 Å². The van der Waals surface area contributed by atoms with E-state index < -0.39 is 17.8 Å². The van der Waals surface area contributed by atoms with Crippen molar-refractivity contribution in [3.63, 3.8) is 0 Å². The predicted octanol–water partition coefficient (Wildman–Crippen LogP) is 2.94. The first kappa shape index (κ1) is 15.2. The van der Waals surface area contributed by atoms with Gasteiger partial charge in [0.1, 0.15) is 5.75 Å². The number of carbonyl (C=O) groups excluding carboxylic acids is 1. The number of para-hydroxylation sites is 2. The molecule has 0 aliphatic heterocycles. The van der Waals surface area contributed by atoms with Crippen LogP contribution in [0, 0.1) is 29.1 Å². The summed E-state index contributed by atoms with van der Waals surface area (Å²) in [5.74, 6) is -1.55. The number of carbonyl (C=O) groups is 2. The van der Waals surface area contributed by atoms with E-state index in [-0.39, 0.29) is 23.2 Å². The summed E-state index contributed by atoms with van der Waals surface area (Å²) in [6.45, 7) is 2.39. The Kier molecular flexibility index (Phi) is 3.41. The lowest BCUT2D eigenvalue weighted by Gasteiger charge is -2.24. The summed E-state index contributed by atoms with van der Waals surface area (Å²) >= 11 is 0. The zero-order valence-corrected chi connectivity index (χ0v) is 13.6. The molecule has 2 fully saturated rings. The second kappa shape index (κ2) is 5.36. The van der Waals surface area contributed by atoms with Crippen LogP contribution in [0.25, 0.3) is 0 Å². The van der Waals surface area contributed by atoms with Crippen molar-refractivity contribution in [3.8, 4) is 5.75 Å². The molecule has 24 heavy (non-hydrogen) atoms. The molecule has 2 saturated carbocycles. The number of hydrogen-bond acceptors (Lipinski definition) is 3. The number of ether oxygens (including phenoxy) is 1. The van der Waals surface area contributed by atoms with E-state index >= 15 is 0 Å². The minimum atomic E-state index is -0.864. The molecule has 126 valence electrons. The van der Waals surface area contributed by atoms with E-state index in [0.29, 0.717) is 18.0 Å². The summed E-state index contributed by atoms with van der Waals surface area (Å²) in [4.78, 5) is 24.7. The normalized spacial score (nSPS) is 31.2. The Morgan fingerprint density at radius 3 is 2.50 bits per heavy atom. The Morgan fingerprint density at radius 1 is 1.21 bits per heavy atom. The van der Waals surface area contributed by atoms with Crippen molar-refractivity contribution in [2.45, 2.75) is 19.8 Å². The maximum atomic E-state index is 12.9. The van der Waals surface area contributed by atoms with Crippen molar-refractivity contribution in [3.05, 3.63) is 36.4 Å². The highest BCUT2D eigenvalue weighted by Crippen LogP contribution is 2.72. The SMILES string of the molecule is CCOc1ccccc1NC(=O)[C@H]1[C@@H](C(=O)O)[C@@H]2C=C[C@@H]1C21CC1. The molecule has 3 aliphatic rings. The number of hydrogen-bond donors (Lipinski definition) is 2. The van der Waals surface area contributed by atoms with Crippen LogP contribution in [0.15, 0.2) is 36.4 Å². The van der Waals surface area contributed by atoms with Crippen molar-refractivity contribution in [1.82, 2.24) is 0 Å². The quantitative estimate of drug-likeness (QED) is 0.815. The molecular weight excluding hydrogens is 306 g/mol. The van der Waals surface area contributed by atoms with Gasteiger partial charge in [-0.15, -0.1) is 0 Å². The number of aliphatic carboxylic acids is 1. The van der Waals surface area contributed by atoms with E-state index in [9.17, 15) is 14.7 Å². The fourth-order valence-electron chi connectivity index (χ4n) is 4.76. The highest BCUT2D eigenvalue weighted by atomic mass is 16.5. The molecular formula is C19H21NO4. The number of rotatable bonds is 5. The molecule has 1 aromatic rings. The molecule has 5 heteroatoms. The maximum absolute atomic E-state index is 12.9. The maximum Gasteiger partial charge on any atom is 0.307 e. The molecule has 2 N–H and O–H groups in total. The zero-order chi connectivity index (χ0) is 16.9. The molecule has 1 amide bonds. The highest BCUT2D eigenvalue weighted by Gasteiger charge is 2.70. The summed E-state index contributed by atoms with van der Waals surface area (Å²) in [6, 6.07) is 7.27. The van der Waals surface area contributed by atoms with E-state index in [0.717, 1.165) is 12.8 Å². The average molecular weight is 327 g/mol. The molecule has 1 spiro atoms. The largest absolute Gasteiger partial charge is 0.492 e. The van der Waals surface area contributed by atoms with Crippen molar-refractivity contribution < 1.29 is 19.4 Å². The summed E-state index contributed by atoms with van der Waals surface area (Å²) in [5.41, 5.74) is 0.634. The van der Waals surface area contributed by atoms with Crippen LogP contribution in [0.4, 0.5) is 5.69 Å². The van der Waals surface area contributed by atoms with Gasteiger partial charge >= 0.3 is 5.97 Å². The molecule has 3 aliphatic carbocycles. The lowest BCUT2D eigenvalue weighted by Crippen LogP contribution is -2.36. The van der Waals surface area contributed by atoms with Gasteiger partial charge in [0.15, 0.2) is 0 Å². The smallest absolute Gasteiger partial charge is 0.307 e. The van der Waals surface area contributed by atoms with Crippen molar-refractivity contribution in [1.29, 1.82) is 0 Å². The highest BCUT2D eigenvalue weighted by molar-refractivity contribution is 5.97. The van der Waals surface area contributed by atoms with Crippen LogP contribution in [0.3, 0.4) is 0 Å². The molecule has 0 aromatic heterocycles. The van der Waals surface area contributed by atoms with Crippen LogP contribution >= 0.6 is 0 Å². The van der Waals surface area contributed by atoms with Crippen LogP contribution in [0.5, 0.6) is 5.75 Å². The van der Waals surface area contributed by atoms with Crippen LogP contribution in [0.2, 0.25) is 0 Å². The molecule has 0 heterocycles. The minimum absolute atomic E-state index is 0.00196. The number of anilines is 1. The number of nitrogens with one attached hydrogen (secondary N) is 1. The molecule has 0 saturated heterocycles. The summed E-state index contributed by atoms with van der Waals surface area (Å²) in [7, 11) is 0. The van der Waals surface area contributed by atoms with Gasteiger partial charge in [0, 0.05) is 0 Å². The Morgan fingerprint density at radius 2 is 1.88 bits per heavy atom. The Bertz CT molecular complexity index is 722. The Balaban J connectivity index is 1.61.